The summed E-state index contributed by atoms with van der Waals surface area (Å²) in [5.41, 5.74) is 4.02. The largest absolute Gasteiger partial charge is 0.507 e. The van der Waals surface area contributed by atoms with Crippen molar-refractivity contribution >= 4 is 11.9 Å². The van der Waals surface area contributed by atoms with Gasteiger partial charge in [-0.3, -0.25) is 4.79 Å². The Morgan fingerprint density at radius 2 is 1.54 bits per heavy atom. The number of carboxylic acid groups (broad SMARTS) is 1. The molecule has 6 heteroatoms. The van der Waals surface area contributed by atoms with Crippen molar-refractivity contribution in [3.8, 4) is 11.5 Å². The van der Waals surface area contributed by atoms with Gasteiger partial charge in [0, 0.05) is 12.8 Å². The van der Waals surface area contributed by atoms with Crippen molar-refractivity contribution in [2.75, 3.05) is 0 Å². The second-order valence-corrected chi connectivity index (χ2v) is 9.83. The van der Waals surface area contributed by atoms with E-state index in [0.29, 0.717) is 36.0 Å². The van der Waals surface area contributed by atoms with Gasteiger partial charge in [-0.1, -0.05) is 57.2 Å². The predicted octanol–water partition coefficient (Wildman–Crippen LogP) is 5.33. The molecule has 0 spiro atoms. The van der Waals surface area contributed by atoms with Crippen LogP contribution in [0.25, 0.3) is 0 Å². The van der Waals surface area contributed by atoms with Crippen LogP contribution in [-0.4, -0.2) is 33.4 Å². The fourth-order valence-electron chi connectivity index (χ4n) is 4.00. The molecule has 35 heavy (non-hydrogen) atoms. The third-order valence-corrected chi connectivity index (χ3v) is 5.81. The number of carboxylic acids is 1. The van der Waals surface area contributed by atoms with Gasteiger partial charge in [-0.15, -0.1) is 13.2 Å². The van der Waals surface area contributed by atoms with Crippen LogP contribution in [0.3, 0.4) is 0 Å². The number of aliphatic carboxylic acids is 1. The van der Waals surface area contributed by atoms with Gasteiger partial charge < -0.3 is 20.1 Å². The predicted molar refractivity (Wildman–Crippen MR) is 137 cm³/mol. The van der Waals surface area contributed by atoms with Crippen molar-refractivity contribution in [3.05, 3.63) is 83.0 Å². The minimum absolute atomic E-state index is 0.0105. The van der Waals surface area contributed by atoms with Gasteiger partial charge in [-0.2, -0.15) is 0 Å². The van der Waals surface area contributed by atoms with E-state index in [2.05, 4.69) is 13.2 Å². The Bertz CT molecular complexity index is 1080. The zero-order valence-corrected chi connectivity index (χ0v) is 21.1. The average Bonchev–Trinajstić information content (AvgIpc) is 2.76. The molecule has 0 aliphatic rings. The Hall–Kier alpha value is -3.54. The molecule has 2 rings (SSSR count). The van der Waals surface area contributed by atoms with E-state index < -0.39 is 18.0 Å². The van der Waals surface area contributed by atoms with Gasteiger partial charge >= 0.3 is 11.9 Å². The number of esters is 1. The maximum atomic E-state index is 12.5. The number of aromatic hydroxyl groups is 2. The second-order valence-electron chi connectivity index (χ2n) is 9.83. The number of ether oxygens (including phenoxy) is 1. The van der Waals surface area contributed by atoms with Crippen LogP contribution in [0, 0.1) is 6.92 Å². The molecule has 0 aliphatic heterocycles. The van der Waals surface area contributed by atoms with Gasteiger partial charge in [0.25, 0.3) is 0 Å². The van der Waals surface area contributed by atoms with Crippen LogP contribution in [0.2, 0.25) is 0 Å². The summed E-state index contributed by atoms with van der Waals surface area (Å²) < 4.78 is 5.33. The highest BCUT2D eigenvalue weighted by Gasteiger charge is 2.25. The summed E-state index contributed by atoms with van der Waals surface area (Å²) in [5, 5.41) is 30.5. The highest BCUT2D eigenvalue weighted by Crippen LogP contribution is 2.34. The van der Waals surface area contributed by atoms with Gasteiger partial charge in [-0.25, -0.2) is 4.79 Å². The Kier molecular flexibility index (Phi) is 9.29. The maximum Gasteiger partial charge on any atom is 0.345 e. The standard InChI is InChI=1S/C29H36O6/c1-7-9-21-14-20(15-22(10-8-2)27(21)32)17-24(28(33)34)35-25(30)12-11-19-13-18(3)26(31)23(16-19)29(4,5)6/h7-8,13-16,24,31-32H,1-2,9-12,17H2,3-6H3,(H,33,34). The van der Waals surface area contributed by atoms with Crippen LogP contribution in [0.15, 0.2) is 49.6 Å². The van der Waals surface area contributed by atoms with Crippen LogP contribution in [0.1, 0.15) is 60.6 Å². The van der Waals surface area contributed by atoms with Crippen molar-refractivity contribution in [2.24, 2.45) is 0 Å². The van der Waals surface area contributed by atoms with Gasteiger partial charge in [0.15, 0.2) is 0 Å². The van der Waals surface area contributed by atoms with Crippen LogP contribution in [0.4, 0.5) is 0 Å². The number of benzene rings is 2. The molecule has 6 nitrogen and oxygen atoms in total. The molecule has 0 aromatic heterocycles. The number of carbonyl (C=O) groups excluding carboxylic acids is 1. The number of rotatable bonds is 11. The summed E-state index contributed by atoms with van der Waals surface area (Å²) in [6.45, 7) is 15.2. The zero-order chi connectivity index (χ0) is 26.3. The molecule has 0 saturated carbocycles. The molecule has 3 N–H and O–H groups in total. The number of carbonyl (C=O) groups is 2. The van der Waals surface area contributed by atoms with E-state index in [-0.39, 0.29) is 29.8 Å². The Morgan fingerprint density at radius 3 is 2.03 bits per heavy atom. The summed E-state index contributed by atoms with van der Waals surface area (Å²) in [7, 11) is 0. The number of hydrogen-bond acceptors (Lipinski definition) is 5. The van der Waals surface area contributed by atoms with Gasteiger partial charge in [0.05, 0.1) is 0 Å². The van der Waals surface area contributed by atoms with Crippen LogP contribution < -0.4 is 0 Å². The number of phenols is 2. The van der Waals surface area contributed by atoms with E-state index in [0.717, 1.165) is 16.7 Å². The SMILES string of the molecule is C=CCc1cc(CC(OC(=O)CCc2cc(C)c(O)c(C(C)(C)C)c2)C(=O)O)cc(CC=C)c1O. The number of hydrogen-bond donors (Lipinski definition) is 3. The van der Waals surface area contributed by atoms with Gasteiger partial charge in [0.1, 0.15) is 11.5 Å². The molecule has 0 amide bonds. The summed E-state index contributed by atoms with van der Waals surface area (Å²) >= 11 is 0. The molecule has 0 saturated heterocycles. The number of phenolic OH excluding ortho intramolecular Hbond substituents is 2. The van der Waals surface area contributed by atoms with E-state index in [1.165, 1.54) is 0 Å². The lowest BCUT2D eigenvalue weighted by atomic mass is 9.83. The fraction of sp³-hybridized carbons (Fsp3) is 0.379. The van der Waals surface area contributed by atoms with Crippen LogP contribution in [0.5, 0.6) is 11.5 Å². The monoisotopic (exact) mass is 480 g/mol. The number of aryl methyl sites for hydroxylation is 2. The van der Waals surface area contributed by atoms with Crippen LogP contribution in [-0.2, 0) is 45.4 Å². The first kappa shape index (κ1) is 27.7. The summed E-state index contributed by atoms with van der Waals surface area (Å²) in [6.07, 6.45) is 3.14. The number of allylic oxidation sites excluding steroid dienone is 2. The molecule has 1 atom stereocenters. The Morgan fingerprint density at radius 1 is 0.971 bits per heavy atom. The zero-order valence-electron chi connectivity index (χ0n) is 21.1. The van der Waals surface area contributed by atoms with Crippen molar-refractivity contribution in [1.82, 2.24) is 0 Å². The van der Waals surface area contributed by atoms with Crippen molar-refractivity contribution < 1.29 is 29.6 Å². The Labute approximate surface area is 207 Å². The molecule has 0 fully saturated rings. The maximum absolute atomic E-state index is 12.5. The van der Waals surface area contributed by atoms with E-state index >= 15 is 0 Å². The van der Waals surface area contributed by atoms with Crippen molar-refractivity contribution in [2.45, 2.75) is 71.3 Å². The first-order valence-corrected chi connectivity index (χ1v) is 11.7. The van der Waals surface area contributed by atoms with Gasteiger partial charge in [-0.05, 0) is 65.0 Å². The van der Waals surface area contributed by atoms with E-state index in [1.54, 1.807) is 24.3 Å². The Balaban J connectivity index is 2.16. The lowest BCUT2D eigenvalue weighted by Crippen LogP contribution is -2.29. The van der Waals surface area contributed by atoms with Gasteiger partial charge in [0.2, 0.25) is 6.10 Å². The van der Waals surface area contributed by atoms with E-state index in [4.69, 9.17) is 4.74 Å². The highest BCUT2D eigenvalue weighted by atomic mass is 16.6. The van der Waals surface area contributed by atoms with Crippen molar-refractivity contribution in [1.29, 1.82) is 0 Å². The molecular formula is C29H36O6. The quantitative estimate of drug-likeness (QED) is 0.297. The smallest absolute Gasteiger partial charge is 0.345 e. The molecular weight excluding hydrogens is 444 g/mol. The van der Waals surface area contributed by atoms with E-state index in [1.807, 2.05) is 39.8 Å². The molecule has 188 valence electrons. The minimum atomic E-state index is -1.35. The third kappa shape index (κ3) is 7.47. The molecule has 2 aromatic rings. The van der Waals surface area contributed by atoms with E-state index in [9.17, 15) is 24.9 Å². The molecule has 2 aromatic carbocycles. The topological polar surface area (TPSA) is 104 Å². The molecule has 1 unspecified atom stereocenters. The van der Waals surface area contributed by atoms with Crippen molar-refractivity contribution in [3.63, 3.8) is 0 Å². The average molecular weight is 481 g/mol. The molecule has 0 heterocycles. The fourth-order valence-corrected chi connectivity index (χ4v) is 4.00. The third-order valence-electron chi connectivity index (χ3n) is 5.81. The lowest BCUT2D eigenvalue weighted by molar-refractivity contribution is -0.163. The minimum Gasteiger partial charge on any atom is -0.507 e. The molecule has 0 bridgehead atoms. The van der Waals surface area contributed by atoms with Crippen LogP contribution >= 0.6 is 0 Å². The first-order valence-electron chi connectivity index (χ1n) is 11.7. The highest BCUT2D eigenvalue weighted by molar-refractivity contribution is 5.78. The first-order chi connectivity index (χ1) is 16.4. The molecule has 0 radical (unpaired) electrons. The lowest BCUT2D eigenvalue weighted by Gasteiger charge is -2.22. The second kappa shape index (κ2) is 11.7. The summed E-state index contributed by atoms with van der Waals surface area (Å²) in [6, 6.07) is 7.12. The molecule has 0 aliphatic carbocycles. The summed E-state index contributed by atoms with van der Waals surface area (Å²) in [4.78, 5) is 24.4. The summed E-state index contributed by atoms with van der Waals surface area (Å²) in [5.74, 6) is -1.47. The normalized spacial score (nSPS) is 12.1.